The number of ether oxygens (including phenoxy) is 2. The van der Waals surface area contributed by atoms with Crippen LogP contribution in [0.5, 0.6) is 11.5 Å². The van der Waals surface area contributed by atoms with Crippen molar-refractivity contribution < 1.29 is 14.6 Å². The molecule has 0 aliphatic carbocycles. The molecular weight excluding hydrogens is 400 g/mol. The van der Waals surface area contributed by atoms with Crippen molar-refractivity contribution in [1.82, 2.24) is 0 Å². The highest BCUT2D eigenvalue weighted by Crippen LogP contribution is 2.33. The molecule has 3 nitrogen and oxygen atoms in total. The zero-order valence-corrected chi connectivity index (χ0v) is 14.9. The van der Waals surface area contributed by atoms with Gasteiger partial charge in [-0.2, -0.15) is 0 Å². The minimum absolute atomic E-state index is 0.603. The third-order valence-electron chi connectivity index (χ3n) is 3.06. The summed E-state index contributed by atoms with van der Waals surface area (Å²) in [5, 5.41) is 10.5. The predicted molar refractivity (Wildman–Crippen MR) is 90.1 cm³/mol. The smallest absolute Gasteiger partial charge is 0.133 e. The van der Waals surface area contributed by atoms with Gasteiger partial charge in [-0.05, 0) is 74.2 Å². The van der Waals surface area contributed by atoms with Crippen LogP contribution in [0.1, 0.15) is 24.2 Å². The van der Waals surface area contributed by atoms with E-state index >= 15 is 0 Å². The lowest BCUT2D eigenvalue weighted by atomic mass is 10.0. The number of hydrogen-bond donors (Lipinski definition) is 1. The van der Waals surface area contributed by atoms with Crippen LogP contribution >= 0.6 is 31.9 Å². The molecule has 0 bridgehead atoms. The fourth-order valence-electron chi connectivity index (χ4n) is 2.00. The number of benzene rings is 2. The molecule has 0 fully saturated rings. The highest BCUT2D eigenvalue weighted by molar-refractivity contribution is 9.10. The topological polar surface area (TPSA) is 38.7 Å². The van der Waals surface area contributed by atoms with Gasteiger partial charge in [-0.3, -0.25) is 0 Å². The summed E-state index contributed by atoms with van der Waals surface area (Å²) in [6, 6.07) is 11.1. The van der Waals surface area contributed by atoms with Crippen molar-refractivity contribution in [3.63, 3.8) is 0 Å². The second kappa shape index (κ2) is 7.29. The molecule has 0 amide bonds. The van der Waals surface area contributed by atoms with E-state index in [1.807, 2.05) is 43.3 Å². The molecule has 2 aromatic carbocycles. The van der Waals surface area contributed by atoms with E-state index in [-0.39, 0.29) is 0 Å². The van der Waals surface area contributed by atoms with Crippen LogP contribution in [0, 0.1) is 0 Å². The van der Waals surface area contributed by atoms with Crippen molar-refractivity contribution >= 4 is 31.9 Å². The molecule has 0 spiro atoms. The molecule has 0 saturated carbocycles. The van der Waals surface area contributed by atoms with Crippen LogP contribution in [-0.4, -0.2) is 18.8 Å². The van der Waals surface area contributed by atoms with Gasteiger partial charge in [0, 0.05) is 0 Å². The van der Waals surface area contributed by atoms with Crippen LogP contribution in [0.2, 0.25) is 0 Å². The predicted octanol–water partition coefficient (Wildman–Crippen LogP) is 4.70. The van der Waals surface area contributed by atoms with Crippen molar-refractivity contribution in [3.05, 3.63) is 56.5 Å². The Kier molecular flexibility index (Phi) is 5.67. The van der Waals surface area contributed by atoms with Gasteiger partial charge in [-0.25, -0.2) is 0 Å². The first-order valence-corrected chi connectivity index (χ1v) is 8.09. The molecule has 1 unspecified atom stereocenters. The van der Waals surface area contributed by atoms with Crippen molar-refractivity contribution in [2.45, 2.75) is 13.0 Å². The Labute approximate surface area is 141 Å². The van der Waals surface area contributed by atoms with E-state index in [9.17, 15) is 5.11 Å². The molecule has 1 N–H and O–H groups in total. The third-order valence-corrected chi connectivity index (χ3v) is 4.30. The molecule has 1 atom stereocenters. The van der Waals surface area contributed by atoms with Gasteiger partial charge in [-0.15, -0.1) is 0 Å². The maximum Gasteiger partial charge on any atom is 0.133 e. The minimum Gasteiger partial charge on any atom is -0.496 e. The van der Waals surface area contributed by atoms with Gasteiger partial charge < -0.3 is 14.6 Å². The largest absolute Gasteiger partial charge is 0.496 e. The van der Waals surface area contributed by atoms with Gasteiger partial charge in [0.05, 0.1) is 22.7 Å². The molecule has 0 radical (unpaired) electrons. The standard InChI is InChI=1S/C16H16Br2O3/c1-3-21-15-7-5-11(9-13(15)18)16(19)10-4-6-14(20-2)12(17)8-10/h4-9,16,19H,3H2,1-2H3. The molecule has 0 saturated heterocycles. The first kappa shape index (κ1) is 16.3. The molecule has 2 aromatic rings. The van der Waals surface area contributed by atoms with E-state index in [1.54, 1.807) is 7.11 Å². The quantitative estimate of drug-likeness (QED) is 0.768. The average molecular weight is 416 g/mol. The third kappa shape index (κ3) is 3.78. The summed E-state index contributed by atoms with van der Waals surface area (Å²) >= 11 is 6.89. The van der Waals surface area contributed by atoms with E-state index in [1.165, 1.54) is 0 Å². The number of aliphatic hydroxyl groups excluding tert-OH is 1. The first-order valence-electron chi connectivity index (χ1n) is 6.50. The fraction of sp³-hybridized carbons (Fsp3) is 0.250. The Morgan fingerprint density at radius 1 is 1.00 bits per heavy atom. The number of methoxy groups -OCH3 is 1. The van der Waals surface area contributed by atoms with E-state index in [0.29, 0.717) is 6.61 Å². The maximum atomic E-state index is 10.5. The molecular formula is C16H16Br2O3. The molecule has 0 heterocycles. The normalized spacial score (nSPS) is 12.0. The van der Waals surface area contributed by atoms with E-state index in [0.717, 1.165) is 31.6 Å². The molecule has 5 heteroatoms. The van der Waals surface area contributed by atoms with Crippen LogP contribution in [0.3, 0.4) is 0 Å². The Balaban J connectivity index is 2.29. The summed E-state index contributed by atoms with van der Waals surface area (Å²) in [6.07, 6.45) is -0.709. The number of rotatable bonds is 5. The zero-order valence-electron chi connectivity index (χ0n) is 11.8. The summed E-state index contributed by atoms with van der Waals surface area (Å²) < 4.78 is 12.3. The van der Waals surface area contributed by atoms with E-state index in [4.69, 9.17) is 9.47 Å². The first-order chi connectivity index (χ1) is 10.1. The van der Waals surface area contributed by atoms with Crippen LogP contribution in [-0.2, 0) is 0 Å². The SMILES string of the molecule is CCOc1ccc(C(O)c2ccc(OC)c(Br)c2)cc1Br. The summed E-state index contributed by atoms with van der Waals surface area (Å²) in [5.74, 6) is 1.50. The molecule has 112 valence electrons. The monoisotopic (exact) mass is 414 g/mol. The van der Waals surface area contributed by atoms with Crippen LogP contribution in [0.4, 0.5) is 0 Å². The Morgan fingerprint density at radius 3 is 1.95 bits per heavy atom. The summed E-state index contributed by atoms with van der Waals surface area (Å²) in [4.78, 5) is 0. The van der Waals surface area contributed by atoms with Gasteiger partial charge in [0.1, 0.15) is 17.6 Å². The Hall–Kier alpha value is -1.04. The highest BCUT2D eigenvalue weighted by Gasteiger charge is 2.14. The van der Waals surface area contributed by atoms with E-state index in [2.05, 4.69) is 31.9 Å². The van der Waals surface area contributed by atoms with Gasteiger partial charge in [0.25, 0.3) is 0 Å². The second-order valence-electron chi connectivity index (χ2n) is 4.42. The van der Waals surface area contributed by atoms with Crippen molar-refractivity contribution in [2.24, 2.45) is 0 Å². The number of aliphatic hydroxyl groups is 1. The van der Waals surface area contributed by atoms with Crippen LogP contribution in [0.15, 0.2) is 45.3 Å². The summed E-state index contributed by atoms with van der Waals surface area (Å²) in [6.45, 7) is 2.54. The van der Waals surface area contributed by atoms with Crippen molar-refractivity contribution in [2.75, 3.05) is 13.7 Å². The molecule has 2 rings (SSSR count). The second-order valence-corrected chi connectivity index (χ2v) is 6.13. The lowest BCUT2D eigenvalue weighted by Gasteiger charge is -2.15. The molecule has 0 aromatic heterocycles. The zero-order chi connectivity index (χ0) is 15.4. The Morgan fingerprint density at radius 2 is 1.52 bits per heavy atom. The average Bonchev–Trinajstić information content (AvgIpc) is 2.48. The van der Waals surface area contributed by atoms with Crippen molar-refractivity contribution in [1.29, 1.82) is 0 Å². The lowest BCUT2D eigenvalue weighted by molar-refractivity contribution is 0.220. The molecule has 0 aliphatic heterocycles. The van der Waals surface area contributed by atoms with E-state index < -0.39 is 6.10 Å². The van der Waals surface area contributed by atoms with Gasteiger partial charge >= 0.3 is 0 Å². The van der Waals surface area contributed by atoms with Crippen LogP contribution in [0.25, 0.3) is 0 Å². The van der Waals surface area contributed by atoms with Crippen LogP contribution < -0.4 is 9.47 Å². The van der Waals surface area contributed by atoms with Crippen molar-refractivity contribution in [3.8, 4) is 11.5 Å². The maximum absolute atomic E-state index is 10.5. The Bertz CT molecular complexity index is 629. The fourth-order valence-corrected chi connectivity index (χ4v) is 3.07. The highest BCUT2D eigenvalue weighted by atomic mass is 79.9. The summed E-state index contributed by atoms with van der Waals surface area (Å²) in [5.41, 5.74) is 1.58. The number of halogens is 2. The summed E-state index contributed by atoms with van der Waals surface area (Å²) in [7, 11) is 1.61. The van der Waals surface area contributed by atoms with Gasteiger partial charge in [-0.1, -0.05) is 12.1 Å². The molecule has 0 aliphatic rings. The van der Waals surface area contributed by atoms with Gasteiger partial charge in [0.2, 0.25) is 0 Å². The lowest BCUT2D eigenvalue weighted by Crippen LogP contribution is -2.01. The van der Waals surface area contributed by atoms with Gasteiger partial charge in [0.15, 0.2) is 0 Å². The minimum atomic E-state index is -0.709. The number of hydrogen-bond acceptors (Lipinski definition) is 3. The molecule has 21 heavy (non-hydrogen) atoms.